The SMILES string of the molecule is O=C(CN1C(=O)[C@@H]2CCCN2C1=O)Nc1ccc(Oc2ccccc2)cc1. The minimum atomic E-state index is -0.408. The van der Waals surface area contributed by atoms with Crippen molar-refractivity contribution in [1.82, 2.24) is 9.80 Å². The van der Waals surface area contributed by atoms with Gasteiger partial charge in [0.25, 0.3) is 5.91 Å². The quantitative estimate of drug-likeness (QED) is 0.827. The topological polar surface area (TPSA) is 79.0 Å². The normalized spacial score (nSPS) is 18.6. The zero-order valence-electron chi connectivity index (χ0n) is 14.6. The van der Waals surface area contributed by atoms with Crippen LogP contribution in [0.4, 0.5) is 10.5 Å². The van der Waals surface area contributed by atoms with Crippen LogP contribution in [0.3, 0.4) is 0 Å². The van der Waals surface area contributed by atoms with E-state index >= 15 is 0 Å². The van der Waals surface area contributed by atoms with Gasteiger partial charge in [0, 0.05) is 12.2 Å². The Balaban J connectivity index is 1.34. The molecule has 27 heavy (non-hydrogen) atoms. The molecule has 2 aliphatic heterocycles. The van der Waals surface area contributed by atoms with Crippen molar-refractivity contribution in [3.05, 3.63) is 54.6 Å². The van der Waals surface area contributed by atoms with Crippen molar-refractivity contribution in [3.8, 4) is 11.5 Å². The van der Waals surface area contributed by atoms with Crippen molar-refractivity contribution in [2.24, 2.45) is 0 Å². The molecule has 0 unspecified atom stereocenters. The van der Waals surface area contributed by atoms with Crippen LogP contribution in [-0.2, 0) is 9.59 Å². The summed E-state index contributed by atoms with van der Waals surface area (Å²) in [6, 6.07) is 15.5. The molecule has 4 rings (SSSR count). The number of carbonyl (C=O) groups is 3. The van der Waals surface area contributed by atoms with Gasteiger partial charge in [0.2, 0.25) is 5.91 Å². The van der Waals surface area contributed by atoms with Crippen molar-refractivity contribution >= 4 is 23.5 Å². The lowest BCUT2D eigenvalue weighted by Crippen LogP contribution is -2.39. The molecule has 2 aromatic carbocycles. The van der Waals surface area contributed by atoms with Gasteiger partial charge in [-0.3, -0.25) is 14.5 Å². The van der Waals surface area contributed by atoms with Crippen LogP contribution in [-0.4, -0.2) is 46.8 Å². The zero-order valence-corrected chi connectivity index (χ0v) is 14.6. The number of benzene rings is 2. The van der Waals surface area contributed by atoms with E-state index in [1.165, 1.54) is 0 Å². The van der Waals surface area contributed by atoms with Crippen molar-refractivity contribution in [2.75, 3.05) is 18.4 Å². The van der Waals surface area contributed by atoms with E-state index in [1.54, 1.807) is 29.2 Å². The Hall–Kier alpha value is -3.35. The molecular formula is C20H19N3O4. The number of nitrogens with zero attached hydrogens (tertiary/aromatic N) is 2. The van der Waals surface area contributed by atoms with Crippen LogP contribution < -0.4 is 10.1 Å². The molecule has 0 radical (unpaired) electrons. The first-order chi connectivity index (χ1) is 13.1. The predicted molar refractivity (Wildman–Crippen MR) is 98.4 cm³/mol. The summed E-state index contributed by atoms with van der Waals surface area (Å²) in [4.78, 5) is 39.3. The van der Waals surface area contributed by atoms with Crippen molar-refractivity contribution in [2.45, 2.75) is 18.9 Å². The Morgan fingerprint density at radius 1 is 1.04 bits per heavy atom. The average Bonchev–Trinajstić information content (AvgIpc) is 3.24. The highest BCUT2D eigenvalue weighted by atomic mass is 16.5. The van der Waals surface area contributed by atoms with Gasteiger partial charge in [-0.1, -0.05) is 18.2 Å². The first-order valence-electron chi connectivity index (χ1n) is 8.86. The van der Waals surface area contributed by atoms with E-state index in [2.05, 4.69) is 5.32 Å². The fourth-order valence-corrected chi connectivity index (χ4v) is 3.40. The van der Waals surface area contributed by atoms with Gasteiger partial charge < -0.3 is 15.0 Å². The lowest BCUT2D eigenvalue weighted by molar-refractivity contribution is -0.131. The summed E-state index contributed by atoms with van der Waals surface area (Å²) in [7, 11) is 0. The van der Waals surface area contributed by atoms with Crippen molar-refractivity contribution < 1.29 is 19.1 Å². The molecular weight excluding hydrogens is 346 g/mol. The highest BCUT2D eigenvalue weighted by Crippen LogP contribution is 2.27. The predicted octanol–water partition coefficient (Wildman–Crippen LogP) is 2.84. The third-order valence-corrected chi connectivity index (χ3v) is 4.70. The maximum Gasteiger partial charge on any atom is 0.327 e. The summed E-state index contributed by atoms with van der Waals surface area (Å²) >= 11 is 0. The van der Waals surface area contributed by atoms with Gasteiger partial charge in [-0.25, -0.2) is 4.79 Å². The molecule has 0 spiro atoms. The number of ether oxygens (including phenoxy) is 1. The van der Waals surface area contributed by atoms with Gasteiger partial charge in [-0.2, -0.15) is 0 Å². The highest BCUT2D eigenvalue weighted by molar-refractivity contribution is 6.08. The summed E-state index contributed by atoms with van der Waals surface area (Å²) < 4.78 is 5.70. The summed E-state index contributed by atoms with van der Waals surface area (Å²) in [6.45, 7) is 0.309. The van der Waals surface area contributed by atoms with E-state index in [1.807, 2.05) is 30.3 Å². The van der Waals surface area contributed by atoms with Gasteiger partial charge in [-0.15, -0.1) is 0 Å². The van der Waals surface area contributed by atoms with Crippen LogP contribution >= 0.6 is 0 Å². The third-order valence-electron chi connectivity index (χ3n) is 4.70. The number of fused-ring (bicyclic) bond motifs is 1. The molecule has 2 fully saturated rings. The lowest BCUT2D eigenvalue weighted by Gasteiger charge is -2.15. The second-order valence-electron chi connectivity index (χ2n) is 6.55. The van der Waals surface area contributed by atoms with Gasteiger partial charge in [0.05, 0.1) is 0 Å². The van der Waals surface area contributed by atoms with Crippen LogP contribution in [0.5, 0.6) is 11.5 Å². The van der Waals surface area contributed by atoms with E-state index in [9.17, 15) is 14.4 Å². The fourth-order valence-electron chi connectivity index (χ4n) is 3.40. The number of amides is 4. The summed E-state index contributed by atoms with van der Waals surface area (Å²) in [5.41, 5.74) is 0.569. The third kappa shape index (κ3) is 3.48. The van der Waals surface area contributed by atoms with E-state index in [0.717, 1.165) is 17.1 Å². The number of imide groups is 1. The van der Waals surface area contributed by atoms with Crippen LogP contribution in [0.2, 0.25) is 0 Å². The second-order valence-corrected chi connectivity index (χ2v) is 6.55. The first kappa shape index (κ1) is 17.1. The van der Waals surface area contributed by atoms with Crippen molar-refractivity contribution in [3.63, 3.8) is 0 Å². The molecule has 0 saturated carbocycles. The molecule has 0 aromatic heterocycles. The Morgan fingerprint density at radius 2 is 1.74 bits per heavy atom. The number of hydrogen-bond donors (Lipinski definition) is 1. The number of hydrogen-bond acceptors (Lipinski definition) is 4. The largest absolute Gasteiger partial charge is 0.457 e. The zero-order chi connectivity index (χ0) is 18.8. The standard InChI is InChI=1S/C20H19N3O4/c24-18(13-23-19(25)17-7-4-12-22(17)20(23)26)21-14-8-10-16(11-9-14)27-15-5-2-1-3-6-15/h1-3,5-6,8-11,17H,4,7,12-13H2,(H,21,24)/t17-/m0/s1. The minimum absolute atomic E-state index is 0.271. The summed E-state index contributed by atoms with van der Waals surface area (Å²) in [5, 5.41) is 2.71. The molecule has 2 heterocycles. The fraction of sp³-hybridized carbons (Fsp3) is 0.250. The van der Waals surface area contributed by atoms with E-state index in [-0.39, 0.29) is 24.5 Å². The van der Waals surface area contributed by atoms with Crippen LogP contribution in [0, 0.1) is 0 Å². The second kappa shape index (κ2) is 7.11. The number of para-hydroxylation sites is 1. The molecule has 0 bridgehead atoms. The van der Waals surface area contributed by atoms with Gasteiger partial charge in [0.1, 0.15) is 24.1 Å². The number of carbonyl (C=O) groups excluding carboxylic acids is 3. The maximum atomic E-state index is 12.3. The van der Waals surface area contributed by atoms with Gasteiger partial charge >= 0.3 is 6.03 Å². The molecule has 1 N–H and O–H groups in total. The minimum Gasteiger partial charge on any atom is -0.457 e. The first-order valence-corrected chi connectivity index (χ1v) is 8.86. The maximum absolute atomic E-state index is 12.3. The van der Waals surface area contributed by atoms with E-state index < -0.39 is 5.91 Å². The van der Waals surface area contributed by atoms with Crippen molar-refractivity contribution in [1.29, 1.82) is 0 Å². The summed E-state index contributed by atoms with van der Waals surface area (Å²) in [5.74, 6) is 0.680. The Morgan fingerprint density at radius 3 is 2.44 bits per heavy atom. The Kier molecular flexibility index (Phi) is 4.50. The molecule has 2 saturated heterocycles. The number of urea groups is 1. The highest BCUT2D eigenvalue weighted by Gasteiger charge is 2.47. The van der Waals surface area contributed by atoms with Gasteiger partial charge in [0.15, 0.2) is 0 Å². The molecule has 4 amide bonds. The Labute approximate surface area is 156 Å². The molecule has 0 aliphatic carbocycles. The van der Waals surface area contributed by atoms with E-state index in [0.29, 0.717) is 24.4 Å². The van der Waals surface area contributed by atoms with Crippen LogP contribution in [0.25, 0.3) is 0 Å². The summed E-state index contributed by atoms with van der Waals surface area (Å²) in [6.07, 6.45) is 1.51. The lowest BCUT2D eigenvalue weighted by atomic mass is 10.2. The van der Waals surface area contributed by atoms with Crippen LogP contribution in [0.15, 0.2) is 54.6 Å². The Bertz CT molecular complexity index is 845. The molecule has 7 heteroatoms. The van der Waals surface area contributed by atoms with Crippen LogP contribution in [0.1, 0.15) is 12.8 Å². The molecule has 138 valence electrons. The monoisotopic (exact) mass is 365 g/mol. The number of anilines is 1. The van der Waals surface area contributed by atoms with E-state index in [4.69, 9.17) is 4.74 Å². The number of rotatable bonds is 5. The smallest absolute Gasteiger partial charge is 0.327 e. The molecule has 1 atom stereocenters. The molecule has 2 aliphatic rings. The molecule has 2 aromatic rings. The average molecular weight is 365 g/mol. The molecule has 7 nitrogen and oxygen atoms in total. The number of nitrogens with one attached hydrogen (secondary N) is 1. The van der Waals surface area contributed by atoms with Gasteiger partial charge in [-0.05, 0) is 49.2 Å².